The van der Waals surface area contributed by atoms with E-state index in [2.05, 4.69) is 6.92 Å². The number of carbonyl (C=O) groups excluding carboxylic acids is 1. The first-order valence-corrected chi connectivity index (χ1v) is 16.2. The van der Waals surface area contributed by atoms with E-state index in [1.54, 1.807) is 0 Å². The van der Waals surface area contributed by atoms with Crippen LogP contribution in [0.15, 0.2) is 0 Å². The average Bonchev–Trinajstić information content (AvgIpc) is 2.78. The van der Waals surface area contributed by atoms with Gasteiger partial charge in [-0.15, -0.1) is 0 Å². The van der Waals surface area contributed by atoms with Gasteiger partial charge in [-0.3, -0.25) is 9.35 Å². The second-order valence-corrected chi connectivity index (χ2v) is 11.5. The molecular formula is C28H56O5S. The van der Waals surface area contributed by atoms with Crippen LogP contribution >= 0.6 is 0 Å². The van der Waals surface area contributed by atoms with Crippen molar-refractivity contribution in [1.82, 2.24) is 0 Å². The van der Waals surface area contributed by atoms with Crippen molar-refractivity contribution in [3.63, 3.8) is 0 Å². The van der Waals surface area contributed by atoms with Gasteiger partial charge in [-0.2, -0.15) is 8.42 Å². The Morgan fingerprint density at radius 2 is 0.794 bits per heavy atom. The van der Waals surface area contributed by atoms with Crippen LogP contribution in [-0.2, 0) is 19.6 Å². The monoisotopic (exact) mass is 504 g/mol. The van der Waals surface area contributed by atoms with E-state index in [0.29, 0.717) is 0 Å². The van der Waals surface area contributed by atoms with E-state index < -0.39 is 21.8 Å². The number of carbonyl (C=O) groups is 1. The molecule has 0 aliphatic carbocycles. The van der Waals surface area contributed by atoms with Gasteiger partial charge in [-0.25, -0.2) is 0 Å². The summed E-state index contributed by atoms with van der Waals surface area (Å²) in [5.41, 5.74) is 0. The zero-order valence-corrected chi connectivity index (χ0v) is 23.2. The first-order valence-electron chi connectivity index (χ1n) is 14.6. The minimum atomic E-state index is -4.28. The van der Waals surface area contributed by atoms with Crippen LogP contribution in [0, 0.1) is 0 Å². The quantitative estimate of drug-likeness (QED) is 0.0686. The topological polar surface area (TPSA) is 80.7 Å². The van der Waals surface area contributed by atoms with Gasteiger partial charge in [-0.1, -0.05) is 155 Å². The van der Waals surface area contributed by atoms with E-state index in [1.807, 2.05) is 0 Å². The lowest BCUT2D eigenvalue weighted by Gasteiger charge is -2.05. The maximum absolute atomic E-state index is 11.1. The molecule has 0 aliphatic heterocycles. The van der Waals surface area contributed by atoms with E-state index in [-0.39, 0.29) is 6.61 Å². The molecule has 0 amide bonds. The molecule has 0 saturated heterocycles. The molecule has 0 bridgehead atoms. The lowest BCUT2D eigenvalue weighted by atomic mass is 10.0. The van der Waals surface area contributed by atoms with Gasteiger partial charge in [-0.05, 0) is 6.42 Å². The van der Waals surface area contributed by atoms with Gasteiger partial charge in [0.1, 0.15) is 0 Å². The van der Waals surface area contributed by atoms with E-state index >= 15 is 0 Å². The molecule has 0 aromatic carbocycles. The number of unbranched alkanes of at least 4 members (excludes halogenated alkanes) is 23. The lowest BCUT2D eigenvalue weighted by molar-refractivity contribution is -0.140. The Labute approximate surface area is 211 Å². The predicted octanol–water partition coefficient (Wildman–Crippen LogP) is 8.80. The van der Waals surface area contributed by atoms with Gasteiger partial charge in [0.2, 0.25) is 0 Å². The minimum absolute atomic E-state index is 0.230. The summed E-state index contributed by atoms with van der Waals surface area (Å²) in [6.07, 6.45) is 32.1. The van der Waals surface area contributed by atoms with Crippen molar-refractivity contribution >= 4 is 16.1 Å². The zero-order valence-electron chi connectivity index (χ0n) is 22.4. The van der Waals surface area contributed by atoms with Gasteiger partial charge in [0.15, 0.2) is 5.75 Å². The van der Waals surface area contributed by atoms with Crippen molar-refractivity contribution in [2.24, 2.45) is 0 Å². The van der Waals surface area contributed by atoms with Crippen molar-refractivity contribution in [2.75, 3.05) is 12.4 Å². The van der Waals surface area contributed by atoms with Crippen LogP contribution in [0.4, 0.5) is 0 Å². The third-order valence-electron chi connectivity index (χ3n) is 6.56. The Balaban J connectivity index is 3.11. The summed E-state index contributed by atoms with van der Waals surface area (Å²) in [5, 5.41) is 0. The highest BCUT2D eigenvalue weighted by Crippen LogP contribution is 2.15. The van der Waals surface area contributed by atoms with Gasteiger partial charge in [0.25, 0.3) is 10.1 Å². The molecule has 0 aromatic heterocycles. The molecule has 0 radical (unpaired) electrons. The maximum Gasteiger partial charge on any atom is 0.323 e. The molecular weight excluding hydrogens is 448 g/mol. The fourth-order valence-electron chi connectivity index (χ4n) is 4.44. The molecule has 34 heavy (non-hydrogen) atoms. The molecule has 0 saturated carbocycles. The third kappa shape index (κ3) is 29.4. The summed E-state index contributed by atoms with van der Waals surface area (Å²) < 4.78 is 34.4. The lowest BCUT2D eigenvalue weighted by Crippen LogP contribution is -2.18. The largest absolute Gasteiger partial charge is 0.465 e. The van der Waals surface area contributed by atoms with Crippen LogP contribution in [0.2, 0.25) is 0 Å². The molecule has 0 heterocycles. The average molecular weight is 505 g/mol. The normalized spacial score (nSPS) is 11.7. The van der Waals surface area contributed by atoms with Gasteiger partial charge < -0.3 is 4.74 Å². The van der Waals surface area contributed by atoms with Gasteiger partial charge in [0, 0.05) is 0 Å². The van der Waals surface area contributed by atoms with Crippen molar-refractivity contribution in [2.45, 2.75) is 161 Å². The summed E-state index contributed by atoms with van der Waals surface area (Å²) in [6.45, 7) is 2.51. The zero-order chi connectivity index (χ0) is 25.2. The van der Waals surface area contributed by atoms with E-state index in [0.717, 1.165) is 19.3 Å². The summed E-state index contributed by atoms with van der Waals surface area (Å²) in [6, 6.07) is 0. The molecule has 0 aromatic rings. The maximum atomic E-state index is 11.1. The van der Waals surface area contributed by atoms with Crippen LogP contribution in [0.3, 0.4) is 0 Å². The summed E-state index contributed by atoms with van der Waals surface area (Å²) >= 11 is 0. The Hall–Kier alpha value is -0.620. The Morgan fingerprint density at radius 1 is 0.529 bits per heavy atom. The summed E-state index contributed by atoms with van der Waals surface area (Å²) in [7, 11) is -4.28. The van der Waals surface area contributed by atoms with Crippen molar-refractivity contribution < 1.29 is 22.5 Å². The minimum Gasteiger partial charge on any atom is -0.465 e. The second kappa shape index (κ2) is 25.5. The Bertz CT molecular complexity index is 533. The SMILES string of the molecule is CCCCCCCCCCCCCCCCCCCCCCCCCCOC(=O)CS(=O)(=O)O. The fraction of sp³-hybridized carbons (Fsp3) is 0.964. The molecule has 0 spiro atoms. The molecule has 0 unspecified atom stereocenters. The number of ether oxygens (including phenoxy) is 1. The highest BCUT2D eigenvalue weighted by molar-refractivity contribution is 7.86. The Kier molecular flexibility index (Phi) is 25.0. The number of hydrogen-bond acceptors (Lipinski definition) is 4. The summed E-state index contributed by atoms with van der Waals surface area (Å²) in [5.74, 6) is -1.83. The molecule has 0 fully saturated rings. The molecule has 6 heteroatoms. The van der Waals surface area contributed by atoms with Crippen molar-refractivity contribution in [1.29, 1.82) is 0 Å². The number of hydrogen-bond donors (Lipinski definition) is 1. The predicted molar refractivity (Wildman–Crippen MR) is 144 cm³/mol. The smallest absolute Gasteiger partial charge is 0.323 e. The van der Waals surface area contributed by atoms with E-state index in [1.165, 1.54) is 135 Å². The highest BCUT2D eigenvalue weighted by Gasteiger charge is 2.13. The first kappa shape index (κ1) is 33.4. The number of rotatable bonds is 27. The van der Waals surface area contributed by atoms with Crippen LogP contribution in [-0.4, -0.2) is 31.3 Å². The molecule has 1 N–H and O–H groups in total. The van der Waals surface area contributed by atoms with Gasteiger partial charge in [0.05, 0.1) is 6.61 Å². The third-order valence-corrected chi connectivity index (χ3v) is 7.16. The van der Waals surface area contributed by atoms with Crippen LogP contribution in [0.25, 0.3) is 0 Å². The molecule has 204 valence electrons. The van der Waals surface area contributed by atoms with Crippen molar-refractivity contribution in [3.05, 3.63) is 0 Å². The van der Waals surface area contributed by atoms with Crippen LogP contribution in [0.5, 0.6) is 0 Å². The summed E-state index contributed by atoms with van der Waals surface area (Å²) in [4.78, 5) is 11.1. The molecule has 0 rings (SSSR count). The molecule has 5 nitrogen and oxygen atoms in total. The van der Waals surface area contributed by atoms with Crippen LogP contribution < -0.4 is 0 Å². The van der Waals surface area contributed by atoms with Crippen molar-refractivity contribution in [3.8, 4) is 0 Å². The highest BCUT2D eigenvalue weighted by atomic mass is 32.2. The van der Waals surface area contributed by atoms with Gasteiger partial charge >= 0.3 is 5.97 Å². The second-order valence-electron chi connectivity index (χ2n) is 10.1. The number of esters is 1. The van der Waals surface area contributed by atoms with Crippen LogP contribution in [0.1, 0.15) is 161 Å². The van der Waals surface area contributed by atoms with E-state index in [9.17, 15) is 13.2 Å². The Morgan fingerprint density at radius 3 is 1.06 bits per heavy atom. The standard InChI is InChI=1S/C28H56O5S/c1-2-3-4-5-6-7-8-9-10-11-12-13-14-15-16-17-18-19-20-21-22-23-24-25-26-33-28(29)27-34(30,31)32/h2-27H2,1H3,(H,30,31,32). The van der Waals surface area contributed by atoms with E-state index in [4.69, 9.17) is 9.29 Å². The molecule has 0 aliphatic rings. The molecule has 0 atom stereocenters. The fourth-order valence-corrected chi connectivity index (χ4v) is 4.82. The first-order chi connectivity index (χ1) is 16.5.